The predicted octanol–water partition coefficient (Wildman–Crippen LogP) is 15.8. The number of phenols is 1. The minimum absolute atomic E-state index is 0.143. The van der Waals surface area contributed by atoms with Gasteiger partial charge in [-0.1, -0.05) is 182 Å². The van der Waals surface area contributed by atoms with E-state index in [9.17, 15) is 5.11 Å². The van der Waals surface area contributed by atoms with Crippen LogP contribution in [0.2, 0.25) is 0 Å². The summed E-state index contributed by atoms with van der Waals surface area (Å²) in [5.41, 5.74) is 17.7. The van der Waals surface area contributed by atoms with Crippen LogP contribution in [-0.2, 0) is 38.5 Å². The number of aryl methyl sites for hydroxylation is 3. The van der Waals surface area contributed by atoms with Gasteiger partial charge in [0.25, 0.3) is 0 Å². The summed E-state index contributed by atoms with van der Waals surface area (Å²) in [5, 5.41) is 12.2. The van der Waals surface area contributed by atoms with Gasteiger partial charge in [-0.25, -0.2) is 0 Å². The lowest BCUT2D eigenvalue weighted by Crippen LogP contribution is -2.19. The molecular formula is C54H78O. The molecule has 0 saturated carbocycles. The van der Waals surface area contributed by atoms with Gasteiger partial charge >= 0.3 is 0 Å². The molecule has 6 unspecified atom stereocenters. The lowest BCUT2D eigenvalue weighted by atomic mass is 9.69. The first-order valence-corrected chi connectivity index (χ1v) is 22.7. The molecule has 300 valence electrons. The van der Waals surface area contributed by atoms with E-state index in [-0.39, 0.29) is 23.7 Å². The fourth-order valence-corrected chi connectivity index (χ4v) is 10.0. The second-order valence-corrected chi connectivity index (χ2v) is 17.2. The summed E-state index contributed by atoms with van der Waals surface area (Å²) < 4.78 is 0. The maximum atomic E-state index is 12.2. The van der Waals surface area contributed by atoms with Crippen LogP contribution in [0, 0.1) is 0 Å². The third-order valence-corrected chi connectivity index (χ3v) is 13.4. The second-order valence-electron chi connectivity index (χ2n) is 17.2. The summed E-state index contributed by atoms with van der Waals surface area (Å²) in [6.07, 6.45) is 13.7. The highest BCUT2D eigenvalue weighted by Crippen LogP contribution is 2.50. The van der Waals surface area contributed by atoms with Crippen molar-refractivity contribution in [2.75, 3.05) is 0 Å². The van der Waals surface area contributed by atoms with Crippen molar-refractivity contribution in [2.24, 2.45) is 0 Å². The van der Waals surface area contributed by atoms with Crippen LogP contribution < -0.4 is 0 Å². The van der Waals surface area contributed by atoms with Gasteiger partial charge in [-0.15, -0.1) is 0 Å². The lowest BCUT2D eigenvalue weighted by Gasteiger charge is -2.35. The van der Waals surface area contributed by atoms with Gasteiger partial charge in [-0.3, -0.25) is 0 Å². The molecule has 1 N–H and O–H groups in total. The van der Waals surface area contributed by atoms with Crippen LogP contribution >= 0.6 is 0 Å². The Bertz CT molecular complexity index is 1790. The van der Waals surface area contributed by atoms with E-state index in [1.165, 1.54) is 56.5 Å². The van der Waals surface area contributed by atoms with Crippen molar-refractivity contribution in [3.05, 3.63) is 133 Å². The van der Waals surface area contributed by atoms with Gasteiger partial charge < -0.3 is 5.11 Å². The Morgan fingerprint density at radius 3 is 1.00 bits per heavy atom. The molecule has 4 aromatic carbocycles. The van der Waals surface area contributed by atoms with Gasteiger partial charge in [0, 0.05) is 5.56 Å². The van der Waals surface area contributed by atoms with E-state index in [2.05, 4.69) is 144 Å². The summed E-state index contributed by atoms with van der Waals surface area (Å²) >= 11 is 0. The topological polar surface area (TPSA) is 20.2 Å². The highest BCUT2D eigenvalue weighted by atomic mass is 16.3. The summed E-state index contributed by atoms with van der Waals surface area (Å²) in [6, 6.07) is 25.6. The molecule has 55 heavy (non-hydrogen) atoms. The van der Waals surface area contributed by atoms with E-state index < -0.39 is 0 Å². The van der Waals surface area contributed by atoms with Crippen molar-refractivity contribution in [3.8, 4) is 5.75 Å². The Morgan fingerprint density at radius 1 is 0.345 bits per heavy atom. The molecule has 0 bridgehead atoms. The molecule has 1 heteroatoms. The normalized spacial score (nSPS) is 15.1. The van der Waals surface area contributed by atoms with Gasteiger partial charge in [0.15, 0.2) is 0 Å². The van der Waals surface area contributed by atoms with Crippen molar-refractivity contribution in [3.63, 3.8) is 0 Å². The Kier molecular flexibility index (Phi) is 17.2. The van der Waals surface area contributed by atoms with Crippen LogP contribution in [0.3, 0.4) is 0 Å². The van der Waals surface area contributed by atoms with Gasteiger partial charge in [0.05, 0.1) is 0 Å². The maximum Gasteiger partial charge on any atom is 0.119 e. The first-order valence-electron chi connectivity index (χ1n) is 22.7. The molecule has 0 aliphatic heterocycles. The molecule has 0 aromatic heterocycles. The molecule has 0 fully saturated rings. The Morgan fingerprint density at radius 2 is 0.655 bits per heavy atom. The fraction of sp³-hybridized carbons (Fsp3) is 0.556. The molecular weight excluding hydrogens is 665 g/mol. The summed E-state index contributed by atoms with van der Waals surface area (Å²) in [7, 11) is 0. The van der Waals surface area contributed by atoms with Crippen molar-refractivity contribution in [2.45, 2.75) is 196 Å². The fourth-order valence-electron chi connectivity index (χ4n) is 10.0. The zero-order valence-electron chi connectivity index (χ0n) is 37.2. The molecule has 0 amide bonds. The molecule has 4 aromatic rings. The van der Waals surface area contributed by atoms with Gasteiger partial charge in [0.2, 0.25) is 0 Å². The number of phenolic OH excluding ortho intramolecular Hbond substituents is 1. The smallest absolute Gasteiger partial charge is 0.119 e. The zero-order chi connectivity index (χ0) is 40.2. The highest BCUT2D eigenvalue weighted by Gasteiger charge is 2.33. The Labute approximate surface area is 338 Å². The number of hydrogen-bond donors (Lipinski definition) is 1. The lowest BCUT2D eigenvalue weighted by molar-refractivity contribution is 0.448. The van der Waals surface area contributed by atoms with Crippen LogP contribution in [0.4, 0.5) is 0 Å². The van der Waals surface area contributed by atoms with E-state index >= 15 is 0 Å². The maximum absolute atomic E-state index is 12.2. The molecule has 6 atom stereocenters. The average molecular weight is 743 g/mol. The van der Waals surface area contributed by atoms with E-state index in [1.807, 2.05) is 6.07 Å². The van der Waals surface area contributed by atoms with Crippen LogP contribution in [-0.4, -0.2) is 5.11 Å². The van der Waals surface area contributed by atoms with Crippen molar-refractivity contribution < 1.29 is 5.11 Å². The summed E-state index contributed by atoms with van der Waals surface area (Å²) in [4.78, 5) is 0. The molecule has 0 aliphatic rings. The minimum Gasteiger partial charge on any atom is -0.508 e. The van der Waals surface area contributed by atoms with Gasteiger partial charge in [0.1, 0.15) is 5.75 Å². The third-order valence-electron chi connectivity index (χ3n) is 13.4. The molecule has 0 radical (unpaired) electrons. The molecule has 0 saturated heterocycles. The molecule has 0 spiro atoms. The minimum atomic E-state index is 0.143. The van der Waals surface area contributed by atoms with Crippen LogP contribution in [0.1, 0.15) is 224 Å². The van der Waals surface area contributed by atoms with Crippen LogP contribution in [0.25, 0.3) is 0 Å². The average Bonchev–Trinajstić information content (AvgIpc) is 3.18. The number of hydrogen-bond acceptors (Lipinski definition) is 1. The quantitative estimate of drug-likeness (QED) is 0.0901. The SMILES string of the molecule is CCCc1cccc(C(C)C(C)c2ccc(O)c(C(C)C(C)c3cccc(CCC)c3CCC)c2C(C)C(C)c2cccc(CCC)c2CCC)c1CCC. The molecule has 0 heterocycles. The van der Waals surface area contributed by atoms with Crippen molar-refractivity contribution in [1.29, 1.82) is 0 Å². The highest BCUT2D eigenvalue weighted by molar-refractivity contribution is 5.54. The molecule has 4 rings (SSSR count). The van der Waals surface area contributed by atoms with Gasteiger partial charge in [-0.05, 0) is 141 Å². The van der Waals surface area contributed by atoms with E-state index in [4.69, 9.17) is 0 Å². The van der Waals surface area contributed by atoms with E-state index in [0.29, 0.717) is 17.6 Å². The second kappa shape index (κ2) is 21.3. The monoisotopic (exact) mass is 743 g/mol. The van der Waals surface area contributed by atoms with Gasteiger partial charge in [-0.2, -0.15) is 0 Å². The summed E-state index contributed by atoms with van der Waals surface area (Å²) in [5.74, 6) is 2.01. The molecule has 0 aliphatic carbocycles. The van der Waals surface area contributed by atoms with E-state index in [1.54, 1.807) is 16.7 Å². The van der Waals surface area contributed by atoms with Crippen molar-refractivity contribution in [1.82, 2.24) is 0 Å². The zero-order valence-corrected chi connectivity index (χ0v) is 37.2. The van der Waals surface area contributed by atoms with E-state index in [0.717, 1.165) is 70.6 Å². The predicted molar refractivity (Wildman–Crippen MR) is 242 cm³/mol. The standard InChI is InChI=1S/C54H78O/c1-13-22-42-28-19-31-45(49(42)25-16-4)36(7)37(8)48-34-35-52(55)54(41(12)39(10)47-33-21-30-44(24-15-3)51(47)27-18-6)53(48)40(11)38(9)46-32-20-29-43(23-14-2)50(46)26-17-5/h19-21,28-41,55H,13-18,22-27H2,1-12H3. The largest absolute Gasteiger partial charge is 0.508 e. The number of aromatic hydroxyl groups is 1. The first-order chi connectivity index (χ1) is 26.5. The van der Waals surface area contributed by atoms with Crippen molar-refractivity contribution >= 4 is 0 Å². The summed E-state index contributed by atoms with van der Waals surface area (Å²) in [6.45, 7) is 28.6. The Balaban J connectivity index is 1.98. The van der Waals surface area contributed by atoms with Crippen LogP contribution in [0.5, 0.6) is 5.75 Å². The third kappa shape index (κ3) is 9.98. The molecule has 1 nitrogen and oxygen atoms in total. The first kappa shape index (κ1) is 44.4. The number of benzene rings is 4. The number of rotatable bonds is 21. The Hall–Kier alpha value is -3.32. The van der Waals surface area contributed by atoms with Crippen LogP contribution in [0.15, 0.2) is 66.7 Å².